The molecule has 1 amide bonds. The molecule has 0 aliphatic carbocycles. The number of ether oxygens (including phenoxy) is 1. The molecule has 2 aromatic rings. The van der Waals surface area contributed by atoms with Crippen LogP contribution in [-0.2, 0) is 17.9 Å². The van der Waals surface area contributed by atoms with E-state index in [1.54, 1.807) is 7.11 Å². The normalized spacial score (nSPS) is 10.8. The third-order valence-corrected chi connectivity index (χ3v) is 4.89. The van der Waals surface area contributed by atoms with Gasteiger partial charge in [-0.2, -0.15) is 0 Å². The Kier molecular flexibility index (Phi) is 8.96. The molecule has 0 aliphatic heterocycles. The van der Waals surface area contributed by atoms with Crippen LogP contribution in [0.25, 0.3) is 0 Å². The summed E-state index contributed by atoms with van der Waals surface area (Å²) in [5.41, 5.74) is 2.38. The van der Waals surface area contributed by atoms with Gasteiger partial charge in [-0.15, -0.1) is 0 Å². The Hall–Kier alpha value is -2.23. The first-order valence-corrected chi connectivity index (χ1v) is 10.2. The fraction of sp³-hybridized carbons (Fsp3) is 0.522. The molecule has 1 heterocycles. The number of carbonyl (C=O) groups excluding carboxylic acids is 1. The van der Waals surface area contributed by atoms with Gasteiger partial charge in [-0.05, 0) is 42.7 Å². The van der Waals surface area contributed by atoms with Gasteiger partial charge < -0.3 is 14.2 Å². The van der Waals surface area contributed by atoms with E-state index in [0.717, 1.165) is 38.1 Å². The minimum Gasteiger partial charge on any atom is -0.497 e. The summed E-state index contributed by atoms with van der Waals surface area (Å²) >= 11 is 0. The second-order valence-corrected chi connectivity index (χ2v) is 7.10. The van der Waals surface area contributed by atoms with Crippen LogP contribution in [0.4, 0.5) is 0 Å². The van der Waals surface area contributed by atoms with Crippen LogP contribution >= 0.6 is 0 Å². The van der Waals surface area contributed by atoms with E-state index < -0.39 is 0 Å². The van der Waals surface area contributed by atoms with Gasteiger partial charge in [0.25, 0.3) is 0 Å². The summed E-state index contributed by atoms with van der Waals surface area (Å²) in [7, 11) is 1.69. The SMILES string of the molecule is CCCCCN(Cc1cccn1Cc1cccc(OC)c1)C(=O)CCCC. The number of unbranched alkanes of at least 4 members (excludes halogenated alkanes) is 3. The third-order valence-electron chi connectivity index (χ3n) is 4.89. The molecule has 0 radical (unpaired) electrons. The minimum atomic E-state index is 0.280. The second-order valence-electron chi connectivity index (χ2n) is 7.10. The molecule has 0 fully saturated rings. The molecule has 4 heteroatoms. The molecule has 0 aliphatic rings. The van der Waals surface area contributed by atoms with Crippen LogP contribution in [0.1, 0.15) is 63.6 Å². The second kappa shape index (κ2) is 11.5. The standard InChI is InChI=1S/C23H34N2O2/c1-4-6-8-15-25(23(26)14-7-5-2)19-21-12-10-16-24(21)18-20-11-9-13-22(17-20)27-3/h9-13,16-17H,4-8,14-15,18-19H2,1-3H3. The van der Waals surface area contributed by atoms with Crippen molar-refractivity contribution in [3.05, 3.63) is 53.9 Å². The lowest BCUT2D eigenvalue weighted by atomic mass is 10.2. The molecule has 1 aromatic carbocycles. The number of amides is 1. The zero-order valence-electron chi connectivity index (χ0n) is 17.1. The maximum atomic E-state index is 12.7. The summed E-state index contributed by atoms with van der Waals surface area (Å²) in [6.45, 7) is 6.64. The fourth-order valence-corrected chi connectivity index (χ4v) is 3.24. The summed E-state index contributed by atoms with van der Waals surface area (Å²) in [4.78, 5) is 14.7. The topological polar surface area (TPSA) is 34.5 Å². The smallest absolute Gasteiger partial charge is 0.222 e. The lowest BCUT2D eigenvalue weighted by Crippen LogP contribution is -2.32. The number of carbonyl (C=O) groups is 1. The van der Waals surface area contributed by atoms with Crippen LogP contribution in [0.2, 0.25) is 0 Å². The lowest BCUT2D eigenvalue weighted by Gasteiger charge is -2.24. The molecule has 0 atom stereocenters. The van der Waals surface area contributed by atoms with Crippen LogP contribution in [0, 0.1) is 0 Å². The Balaban J connectivity index is 2.08. The molecular formula is C23H34N2O2. The van der Waals surface area contributed by atoms with Gasteiger partial charge in [-0.25, -0.2) is 0 Å². The summed E-state index contributed by atoms with van der Waals surface area (Å²) in [6.07, 6.45) is 8.18. The van der Waals surface area contributed by atoms with Gasteiger partial charge >= 0.3 is 0 Å². The Morgan fingerprint density at radius 2 is 1.89 bits per heavy atom. The highest BCUT2D eigenvalue weighted by Gasteiger charge is 2.15. The van der Waals surface area contributed by atoms with Crippen LogP contribution in [-0.4, -0.2) is 29.0 Å². The predicted octanol–water partition coefficient (Wildman–Crippen LogP) is 5.25. The van der Waals surface area contributed by atoms with Gasteiger partial charge in [-0.3, -0.25) is 4.79 Å². The van der Waals surface area contributed by atoms with Crippen molar-refractivity contribution in [1.82, 2.24) is 9.47 Å². The molecule has 2 rings (SSSR count). The summed E-state index contributed by atoms with van der Waals surface area (Å²) in [6, 6.07) is 12.3. The molecule has 0 bridgehead atoms. The van der Waals surface area contributed by atoms with Gasteiger partial charge in [-0.1, -0.05) is 45.2 Å². The summed E-state index contributed by atoms with van der Waals surface area (Å²) < 4.78 is 7.56. The maximum absolute atomic E-state index is 12.7. The third kappa shape index (κ3) is 6.78. The highest BCUT2D eigenvalue weighted by Crippen LogP contribution is 2.16. The van der Waals surface area contributed by atoms with Crippen molar-refractivity contribution in [2.45, 2.75) is 65.5 Å². The lowest BCUT2D eigenvalue weighted by molar-refractivity contribution is -0.132. The van der Waals surface area contributed by atoms with Crippen LogP contribution in [0.5, 0.6) is 5.75 Å². The molecule has 148 valence electrons. The van der Waals surface area contributed by atoms with Crippen LogP contribution in [0.3, 0.4) is 0 Å². The Morgan fingerprint density at radius 1 is 1.07 bits per heavy atom. The van der Waals surface area contributed by atoms with E-state index in [-0.39, 0.29) is 5.91 Å². The fourth-order valence-electron chi connectivity index (χ4n) is 3.24. The number of methoxy groups -OCH3 is 1. The van der Waals surface area contributed by atoms with E-state index in [1.807, 2.05) is 17.0 Å². The number of nitrogens with zero attached hydrogens (tertiary/aromatic N) is 2. The first-order valence-electron chi connectivity index (χ1n) is 10.2. The van der Waals surface area contributed by atoms with E-state index in [0.29, 0.717) is 13.0 Å². The van der Waals surface area contributed by atoms with Gasteiger partial charge in [0.05, 0.1) is 13.7 Å². The van der Waals surface area contributed by atoms with Crippen LogP contribution in [0.15, 0.2) is 42.6 Å². The van der Waals surface area contributed by atoms with E-state index in [9.17, 15) is 4.79 Å². The molecule has 4 nitrogen and oxygen atoms in total. The number of aromatic nitrogens is 1. The minimum absolute atomic E-state index is 0.280. The van der Waals surface area contributed by atoms with Crippen molar-refractivity contribution in [2.24, 2.45) is 0 Å². The molecule has 0 spiro atoms. The average Bonchev–Trinajstić information content (AvgIpc) is 3.12. The zero-order chi connectivity index (χ0) is 19.5. The van der Waals surface area contributed by atoms with Crippen molar-refractivity contribution in [1.29, 1.82) is 0 Å². The van der Waals surface area contributed by atoms with E-state index in [2.05, 4.69) is 48.9 Å². The Labute approximate surface area is 164 Å². The van der Waals surface area contributed by atoms with Crippen molar-refractivity contribution >= 4 is 5.91 Å². The maximum Gasteiger partial charge on any atom is 0.222 e. The predicted molar refractivity (Wildman–Crippen MR) is 111 cm³/mol. The van der Waals surface area contributed by atoms with E-state index >= 15 is 0 Å². The molecule has 1 aromatic heterocycles. The first kappa shape index (κ1) is 21.1. The number of hydrogen-bond donors (Lipinski definition) is 0. The summed E-state index contributed by atoms with van der Waals surface area (Å²) in [5, 5.41) is 0. The molecule has 0 saturated heterocycles. The highest BCUT2D eigenvalue weighted by atomic mass is 16.5. The van der Waals surface area contributed by atoms with Crippen molar-refractivity contribution in [3.8, 4) is 5.75 Å². The van der Waals surface area contributed by atoms with Gasteiger partial charge in [0, 0.05) is 31.4 Å². The number of hydrogen-bond acceptors (Lipinski definition) is 2. The molecule has 0 N–H and O–H groups in total. The van der Waals surface area contributed by atoms with E-state index in [1.165, 1.54) is 24.1 Å². The van der Waals surface area contributed by atoms with Gasteiger partial charge in [0.1, 0.15) is 5.75 Å². The molecular weight excluding hydrogens is 336 g/mol. The van der Waals surface area contributed by atoms with Crippen LogP contribution < -0.4 is 4.74 Å². The highest BCUT2D eigenvalue weighted by molar-refractivity contribution is 5.76. The van der Waals surface area contributed by atoms with Crippen molar-refractivity contribution < 1.29 is 9.53 Å². The number of rotatable bonds is 12. The molecule has 27 heavy (non-hydrogen) atoms. The Bertz CT molecular complexity index is 693. The van der Waals surface area contributed by atoms with Crippen molar-refractivity contribution in [3.63, 3.8) is 0 Å². The monoisotopic (exact) mass is 370 g/mol. The van der Waals surface area contributed by atoms with Gasteiger partial charge in [0.15, 0.2) is 0 Å². The largest absolute Gasteiger partial charge is 0.497 e. The molecule has 0 unspecified atom stereocenters. The summed E-state index contributed by atoms with van der Waals surface area (Å²) in [5.74, 6) is 1.15. The average molecular weight is 371 g/mol. The quantitative estimate of drug-likeness (QED) is 0.478. The number of benzene rings is 1. The van der Waals surface area contributed by atoms with E-state index in [4.69, 9.17) is 4.74 Å². The Morgan fingerprint density at radius 3 is 2.63 bits per heavy atom. The van der Waals surface area contributed by atoms with Gasteiger partial charge in [0.2, 0.25) is 5.91 Å². The van der Waals surface area contributed by atoms with Crippen molar-refractivity contribution in [2.75, 3.05) is 13.7 Å². The molecule has 0 saturated carbocycles. The zero-order valence-corrected chi connectivity index (χ0v) is 17.1. The first-order chi connectivity index (χ1) is 13.2.